The number of carbonyl (C=O) groups is 1. The van der Waals surface area contributed by atoms with Gasteiger partial charge in [0.05, 0.1) is 18.6 Å². The summed E-state index contributed by atoms with van der Waals surface area (Å²) >= 11 is 0. The molecular weight excluding hydrogens is 312 g/mol. The minimum Gasteiger partial charge on any atom is -0.383 e. The van der Waals surface area contributed by atoms with Gasteiger partial charge in [0.1, 0.15) is 0 Å². The predicted molar refractivity (Wildman–Crippen MR) is 90.5 cm³/mol. The fourth-order valence-corrected chi connectivity index (χ4v) is 2.99. The van der Waals surface area contributed by atoms with Crippen molar-refractivity contribution in [2.45, 2.75) is 50.9 Å². The fourth-order valence-electron chi connectivity index (χ4n) is 2.99. The van der Waals surface area contributed by atoms with Gasteiger partial charge in [0.25, 0.3) is 6.43 Å². The Morgan fingerprint density at radius 3 is 2.25 bits per heavy atom. The minimum absolute atomic E-state index is 0.0411. The van der Waals surface area contributed by atoms with Crippen LogP contribution in [0.15, 0.2) is 24.3 Å². The maximum atomic E-state index is 12.9. The predicted octanol–water partition coefficient (Wildman–Crippen LogP) is 3.76. The third-order valence-corrected chi connectivity index (χ3v) is 4.67. The molecule has 1 amide bonds. The number of carbonyl (C=O) groups excluding carboxylic acids is 1. The van der Waals surface area contributed by atoms with E-state index in [9.17, 15) is 13.6 Å². The number of nitrogens with zero attached hydrogens (tertiary/aromatic N) is 1. The van der Waals surface area contributed by atoms with Crippen molar-refractivity contribution in [3.05, 3.63) is 35.4 Å². The van der Waals surface area contributed by atoms with Crippen molar-refractivity contribution in [3.63, 3.8) is 0 Å². The Balaban J connectivity index is 2.20. The maximum Gasteiger partial charge on any atom is 0.255 e. The van der Waals surface area contributed by atoms with Crippen LogP contribution in [0, 0.1) is 0 Å². The van der Waals surface area contributed by atoms with Crippen LogP contribution in [0.3, 0.4) is 0 Å². The zero-order valence-electron chi connectivity index (χ0n) is 14.9. The number of methoxy groups -OCH3 is 1. The molecule has 0 unspecified atom stereocenters. The highest BCUT2D eigenvalue weighted by atomic mass is 19.3. The van der Waals surface area contributed by atoms with Gasteiger partial charge in [-0.25, -0.2) is 8.78 Å². The third-order valence-electron chi connectivity index (χ3n) is 4.67. The van der Waals surface area contributed by atoms with E-state index >= 15 is 0 Å². The van der Waals surface area contributed by atoms with Gasteiger partial charge in [-0.05, 0) is 29.4 Å². The molecule has 0 aromatic heterocycles. The van der Waals surface area contributed by atoms with Crippen molar-refractivity contribution in [3.8, 4) is 0 Å². The van der Waals surface area contributed by atoms with E-state index in [1.54, 1.807) is 0 Å². The number of hydrogen-bond donors (Lipinski definition) is 0. The second kappa shape index (κ2) is 7.18. The molecule has 1 aliphatic carbocycles. The van der Waals surface area contributed by atoms with E-state index < -0.39 is 18.4 Å². The van der Waals surface area contributed by atoms with Gasteiger partial charge in [-0.2, -0.15) is 0 Å². The Labute approximate surface area is 143 Å². The lowest BCUT2D eigenvalue weighted by Gasteiger charge is -2.28. The lowest BCUT2D eigenvalue weighted by atomic mass is 9.84. The van der Waals surface area contributed by atoms with Crippen LogP contribution in [-0.2, 0) is 20.4 Å². The molecule has 24 heavy (non-hydrogen) atoms. The molecule has 3 nitrogen and oxygen atoms in total. The van der Waals surface area contributed by atoms with Crippen LogP contribution >= 0.6 is 0 Å². The number of hydrogen-bond acceptors (Lipinski definition) is 2. The van der Waals surface area contributed by atoms with Gasteiger partial charge in [-0.1, -0.05) is 45.0 Å². The van der Waals surface area contributed by atoms with Crippen molar-refractivity contribution >= 4 is 5.91 Å². The molecule has 2 rings (SSSR count). The molecule has 1 fully saturated rings. The normalized spacial score (nSPS) is 16.3. The van der Waals surface area contributed by atoms with Gasteiger partial charge in [0.2, 0.25) is 5.91 Å². The first-order chi connectivity index (χ1) is 11.2. The van der Waals surface area contributed by atoms with Crippen LogP contribution < -0.4 is 0 Å². The summed E-state index contributed by atoms with van der Waals surface area (Å²) in [6.45, 7) is 6.32. The first-order valence-electron chi connectivity index (χ1n) is 8.38. The summed E-state index contributed by atoms with van der Waals surface area (Å²) in [5.41, 5.74) is 1.54. The number of amides is 1. The van der Waals surface area contributed by atoms with E-state index in [-0.39, 0.29) is 24.5 Å². The highest BCUT2D eigenvalue weighted by Gasteiger charge is 2.53. The van der Waals surface area contributed by atoms with Crippen molar-refractivity contribution < 1.29 is 18.3 Å². The molecule has 0 saturated heterocycles. The standard InChI is InChI=1S/C19H27F2NO2/c1-18(2,3)14-5-7-15(8-6-14)19(9-10-19)17(23)22(11-12-24-4)13-16(20)21/h5-8,16H,9-13H2,1-4H3. The Kier molecular flexibility index (Phi) is 5.63. The molecule has 134 valence electrons. The van der Waals surface area contributed by atoms with Crippen LogP contribution in [0.4, 0.5) is 8.78 Å². The van der Waals surface area contributed by atoms with Gasteiger partial charge in [-0.3, -0.25) is 4.79 Å². The first kappa shape index (κ1) is 18.8. The zero-order chi connectivity index (χ0) is 18.0. The summed E-state index contributed by atoms with van der Waals surface area (Å²) < 4.78 is 30.6. The molecule has 0 N–H and O–H groups in total. The summed E-state index contributed by atoms with van der Waals surface area (Å²) in [6, 6.07) is 8.02. The lowest BCUT2D eigenvalue weighted by molar-refractivity contribution is -0.136. The number of ether oxygens (including phenoxy) is 1. The minimum atomic E-state index is -2.54. The van der Waals surface area contributed by atoms with Crippen molar-refractivity contribution in [2.24, 2.45) is 0 Å². The summed E-state index contributed by atoms with van der Waals surface area (Å²) in [5.74, 6) is -0.205. The molecule has 0 heterocycles. The molecule has 0 spiro atoms. The highest BCUT2D eigenvalue weighted by molar-refractivity contribution is 5.91. The Morgan fingerprint density at radius 2 is 1.83 bits per heavy atom. The van der Waals surface area contributed by atoms with Crippen molar-refractivity contribution in [1.29, 1.82) is 0 Å². The Bertz CT molecular complexity index is 560. The first-order valence-corrected chi connectivity index (χ1v) is 8.38. The van der Waals surface area contributed by atoms with E-state index in [0.717, 1.165) is 5.56 Å². The third kappa shape index (κ3) is 4.12. The summed E-state index contributed by atoms with van der Waals surface area (Å²) in [7, 11) is 1.50. The molecule has 1 aromatic carbocycles. The fraction of sp³-hybridized carbons (Fsp3) is 0.632. The van der Waals surface area contributed by atoms with E-state index in [4.69, 9.17) is 4.74 Å². The van der Waals surface area contributed by atoms with Crippen LogP contribution in [0.25, 0.3) is 0 Å². The van der Waals surface area contributed by atoms with E-state index in [2.05, 4.69) is 20.8 Å². The zero-order valence-corrected chi connectivity index (χ0v) is 14.9. The van der Waals surface area contributed by atoms with Gasteiger partial charge in [0, 0.05) is 13.7 Å². The topological polar surface area (TPSA) is 29.5 Å². The van der Waals surface area contributed by atoms with Crippen LogP contribution in [0.1, 0.15) is 44.7 Å². The van der Waals surface area contributed by atoms with Gasteiger partial charge < -0.3 is 9.64 Å². The van der Waals surface area contributed by atoms with Gasteiger partial charge in [-0.15, -0.1) is 0 Å². The monoisotopic (exact) mass is 339 g/mol. The molecule has 1 aliphatic rings. The SMILES string of the molecule is COCCN(CC(F)F)C(=O)C1(c2ccc(C(C)(C)C)cc2)CC1. The number of halogens is 2. The van der Waals surface area contributed by atoms with Crippen LogP contribution in [0.2, 0.25) is 0 Å². The van der Waals surface area contributed by atoms with E-state index in [1.807, 2.05) is 24.3 Å². The Hall–Kier alpha value is -1.49. The summed E-state index contributed by atoms with van der Waals surface area (Å²) in [5, 5.41) is 0. The Morgan fingerprint density at radius 1 is 1.25 bits per heavy atom. The van der Waals surface area contributed by atoms with Crippen LogP contribution in [-0.4, -0.2) is 44.0 Å². The molecular formula is C19H27F2NO2. The average molecular weight is 339 g/mol. The smallest absolute Gasteiger partial charge is 0.255 e. The quantitative estimate of drug-likeness (QED) is 0.757. The van der Waals surface area contributed by atoms with E-state index in [1.165, 1.54) is 17.6 Å². The summed E-state index contributed by atoms with van der Waals surface area (Å²) in [6.07, 6.45) is -1.11. The van der Waals surface area contributed by atoms with Crippen molar-refractivity contribution in [1.82, 2.24) is 4.90 Å². The van der Waals surface area contributed by atoms with E-state index in [0.29, 0.717) is 12.8 Å². The van der Waals surface area contributed by atoms with Gasteiger partial charge in [0.15, 0.2) is 0 Å². The average Bonchev–Trinajstić information content (AvgIpc) is 3.31. The number of alkyl halides is 2. The molecule has 0 bridgehead atoms. The lowest BCUT2D eigenvalue weighted by Crippen LogP contribution is -2.43. The van der Waals surface area contributed by atoms with Crippen molar-refractivity contribution in [2.75, 3.05) is 26.8 Å². The molecule has 1 aromatic rings. The molecule has 1 saturated carbocycles. The number of rotatable bonds is 7. The second-order valence-electron chi connectivity index (χ2n) is 7.54. The highest BCUT2D eigenvalue weighted by Crippen LogP contribution is 2.50. The van der Waals surface area contributed by atoms with Gasteiger partial charge >= 0.3 is 0 Å². The number of benzene rings is 1. The van der Waals surface area contributed by atoms with Crippen LogP contribution in [0.5, 0.6) is 0 Å². The molecule has 0 atom stereocenters. The molecule has 5 heteroatoms. The summed E-state index contributed by atoms with van der Waals surface area (Å²) in [4.78, 5) is 14.1. The largest absolute Gasteiger partial charge is 0.383 e. The molecule has 0 radical (unpaired) electrons. The molecule has 0 aliphatic heterocycles. The second-order valence-corrected chi connectivity index (χ2v) is 7.54. The maximum absolute atomic E-state index is 12.9.